The van der Waals surface area contributed by atoms with Crippen LogP contribution in [-0.2, 0) is 35.1 Å². The van der Waals surface area contributed by atoms with Gasteiger partial charge in [-0.15, -0.1) is 0 Å². The zero-order valence-corrected chi connectivity index (χ0v) is 18.3. The maximum atomic E-state index is 12.6. The fourth-order valence-electron chi connectivity index (χ4n) is 4.01. The highest BCUT2D eigenvalue weighted by Crippen LogP contribution is 2.20. The van der Waals surface area contributed by atoms with E-state index >= 15 is 0 Å². The Kier molecular flexibility index (Phi) is 7.76. The molecule has 2 aromatic carbocycles. The summed E-state index contributed by atoms with van der Waals surface area (Å²) < 4.78 is 5.09. The molecule has 2 unspecified atom stereocenters. The number of nitrogens with zero attached hydrogens (tertiary/aromatic N) is 1. The number of carbonyl (C=O) groups excluding carboxylic acids is 4. The number of aliphatic carboxylic acids is 1. The Morgan fingerprint density at radius 1 is 1.12 bits per heavy atom. The van der Waals surface area contributed by atoms with Gasteiger partial charge in [0, 0.05) is 13.5 Å². The van der Waals surface area contributed by atoms with Gasteiger partial charge in [0.05, 0.1) is 12.8 Å². The van der Waals surface area contributed by atoms with Crippen molar-refractivity contribution in [1.82, 2.24) is 10.2 Å². The van der Waals surface area contributed by atoms with Crippen LogP contribution in [0, 0.1) is 0 Å². The second kappa shape index (κ2) is 10.7. The minimum absolute atomic E-state index is 0.0553. The molecule has 9 nitrogen and oxygen atoms in total. The number of carboxylic acid groups (broad SMARTS) is 1. The molecule has 1 aliphatic rings. The molecule has 1 heterocycles. The van der Waals surface area contributed by atoms with Crippen molar-refractivity contribution in [3.63, 3.8) is 0 Å². The van der Waals surface area contributed by atoms with Crippen molar-refractivity contribution < 1.29 is 33.8 Å². The monoisotopic (exact) mass is 454 g/mol. The maximum absolute atomic E-state index is 12.6. The normalized spacial score (nSPS) is 16.3. The highest BCUT2D eigenvalue weighted by molar-refractivity contribution is 5.96. The second-order valence-corrected chi connectivity index (χ2v) is 7.97. The summed E-state index contributed by atoms with van der Waals surface area (Å²) in [6.45, 7) is 1.11. The number of ether oxygens (including phenoxy) is 1. The van der Waals surface area contributed by atoms with Crippen molar-refractivity contribution in [1.29, 1.82) is 0 Å². The number of rotatable bonds is 9. The Labute approximate surface area is 190 Å². The summed E-state index contributed by atoms with van der Waals surface area (Å²) in [7, 11) is 0. The molecule has 33 heavy (non-hydrogen) atoms. The van der Waals surface area contributed by atoms with E-state index in [4.69, 9.17) is 9.84 Å². The number of carboxylic acids is 1. The van der Waals surface area contributed by atoms with E-state index in [0.717, 1.165) is 16.3 Å². The lowest BCUT2D eigenvalue weighted by Crippen LogP contribution is -2.51. The predicted molar refractivity (Wildman–Crippen MR) is 118 cm³/mol. The molecule has 0 aromatic heterocycles. The summed E-state index contributed by atoms with van der Waals surface area (Å²) in [6, 6.07) is 11.0. The standard InChI is InChI=1S/C24H26N2O7/c1-15(27)26-11-5-10-20(26)24(32)25-19(13-22(29)30)21(28)14-33-23(31)12-17-8-4-7-16-6-2-3-9-18(16)17/h2-4,6-9,19-20H,5,10-14H2,1H3,(H,25,32)(H,29,30). The Morgan fingerprint density at radius 3 is 2.58 bits per heavy atom. The quantitative estimate of drug-likeness (QED) is 0.549. The number of likely N-dealkylation sites (tertiary alicyclic amines) is 1. The number of carbonyl (C=O) groups is 5. The first-order valence-corrected chi connectivity index (χ1v) is 10.7. The molecule has 174 valence electrons. The molecule has 2 atom stereocenters. The fraction of sp³-hybridized carbons (Fsp3) is 0.375. The van der Waals surface area contributed by atoms with E-state index in [0.29, 0.717) is 19.4 Å². The van der Waals surface area contributed by atoms with Gasteiger partial charge in [-0.3, -0.25) is 24.0 Å². The van der Waals surface area contributed by atoms with Gasteiger partial charge in [-0.05, 0) is 29.2 Å². The summed E-state index contributed by atoms with van der Waals surface area (Å²) in [5, 5.41) is 13.4. The molecule has 1 fully saturated rings. The Balaban J connectivity index is 1.60. The van der Waals surface area contributed by atoms with Gasteiger partial charge < -0.3 is 20.1 Å². The van der Waals surface area contributed by atoms with Crippen LogP contribution in [0.25, 0.3) is 10.8 Å². The predicted octanol–water partition coefficient (Wildman–Crippen LogP) is 1.47. The van der Waals surface area contributed by atoms with Crippen LogP contribution in [0.3, 0.4) is 0 Å². The summed E-state index contributed by atoms with van der Waals surface area (Å²) >= 11 is 0. The first-order chi connectivity index (χ1) is 15.8. The molecule has 0 aliphatic carbocycles. The van der Waals surface area contributed by atoms with Crippen molar-refractivity contribution in [2.75, 3.05) is 13.2 Å². The second-order valence-electron chi connectivity index (χ2n) is 7.97. The largest absolute Gasteiger partial charge is 0.481 e. The van der Waals surface area contributed by atoms with E-state index in [2.05, 4.69) is 5.32 Å². The van der Waals surface area contributed by atoms with E-state index in [-0.39, 0.29) is 12.3 Å². The van der Waals surface area contributed by atoms with Gasteiger partial charge in [0.25, 0.3) is 0 Å². The number of benzene rings is 2. The van der Waals surface area contributed by atoms with Crippen LogP contribution in [-0.4, -0.2) is 64.8 Å². The lowest BCUT2D eigenvalue weighted by molar-refractivity contribution is -0.149. The highest BCUT2D eigenvalue weighted by atomic mass is 16.5. The summed E-state index contributed by atoms with van der Waals surface area (Å²) in [5.41, 5.74) is 0.742. The number of esters is 1. The average Bonchev–Trinajstić information content (AvgIpc) is 3.27. The first kappa shape index (κ1) is 23.9. The molecule has 9 heteroatoms. The topological polar surface area (TPSA) is 130 Å². The Bertz CT molecular complexity index is 1080. The Hall–Kier alpha value is -3.75. The number of ketones is 1. The number of hydrogen-bond donors (Lipinski definition) is 2. The average molecular weight is 454 g/mol. The molecule has 3 rings (SSSR count). The van der Waals surface area contributed by atoms with Crippen LogP contribution < -0.4 is 5.32 Å². The van der Waals surface area contributed by atoms with Crippen molar-refractivity contribution in [2.24, 2.45) is 0 Å². The van der Waals surface area contributed by atoms with Gasteiger partial charge in [-0.25, -0.2) is 0 Å². The van der Waals surface area contributed by atoms with Crippen molar-refractivity contribution in [2.45, 2.75) is 44.7 Å². The Morgan fingerprint density at radius 2 is 1.85 bits per heavy atom. The zero-order valence-electron chi connectivity index (χ0n) is 18.3. The van der Waals surface area contributed by atoms with E-state index in [1.807, 2.05) is 36.4 Å². The number of Topliss-reactive ketones (excluding diaryl/α,β-unsaturated/α-hetero) is 1. The lowest BCUT2D eigenvalue weighted by Gasteiger charge is -2.24. The van der Waals surface area contributed by atoms with Crippen LogP contribution in [0.5, 0.6) is 0 Å². The van der Waals surface area contributed by atoms with Gasteiger partial charge in [-0.1, -0.05) is 42.5 Å². The van der Waals surface area contributed by atoms with Crippen LogP contribution in [0.2, 0.25) is 0 Å². The molecular formula is C24H26N2O7. The maximum Gasteiger partial charge on any atom is 0.310 e. The first-order valence-electron chi connectivity index (χ1n) is 10.7. The van der Waals surface area contributed by atoms with E-state index < -0.39 is 48.7 Å². The van der Waals surface area contributed by atoms with Crippen LogP contribution in [0.15, 0.2) is 42.5 Å². The van der Waals surface area contributed by atoms with E-state index in [9.17, 15) is 24.0 Å². The number of hydrogen-bond acceptors (Lipinski definition) is 6. The molecule has 1 aliphatic heterocycles. The van der Waals surface area contributed by atoms with E-state index in [1.165, 1.54) is 11.8 Å². The molecule has 0 saturated carbocycles. The van der Waals surface area contributed by atoms with Gasteiger partial charge in [0.1, 0.15) is 12.1 Å². The van der Waals surface area contributed by atoms with Gasteiger partial charge >= 0.3 is 11.9 Å². The SMILES string of the molecule is CC(=O)N1CCCC1C(=O)NC(CC(=O)O)C(=O)COC(=O)Cc1cccc2ccccc12. The third-order valence-electron chi connectivity index (χ3n) is 5.63. The molecule has 0 radical (unpaired) electrons. The highest BCUT2D eigenvalue weighted by Gasteiger charge is 2.35. The molecule has 2 amide bonds. The number of amides is 2. The van der Waals surface area contributed by atoms with Crippen molar-refractivity contribution in [3.05, 3.63) is 48.0 Å². The third-order valence-corrected chi connectivity index (χ3v) is 5.63. The molecule has 0 spiro atoms. The molecule has 2 aromatic rings. The summed E-state index contributed by atoms with van der Waals surface area (Å²) in [5.74, 6) is -3.52. The molecule has 1 saturated heterocycles. The molecular weight excluding hydrogens is 428 g/mol. The lowest BCUT2D eigenvalue weighted by atomic mass is 10.0. The van der Waals surface area contributed by atoms with Crippen LogP contribution in [0.1, 0.15) is 31.7 Å². The summed E-state index contributed by atoms with van der Waals surface area (Å²) in [4.78, 5) is 61.8. The minimum Gasteiger partial charge on any atom is -0.481 e. The van der Waals surface area contributed by atoms with E-state index in [1.54, 1.807) is 6.07 Å². The number of fused-ring (bicyclic) bond motifs is 1. The summed E-state index contributed by atoms with van der Waals surface area (Å²) in [6.07, 6.45) is 0.360. The van der Waals surface area contributed by atoms with Crippen molar-refractivity contribution in [3.8, 4) is 0 Å². The van der Waals surface area contributed by atoms with Crippen LogP contribution >= 0.6 is 0 Å². The zero-order chi connectivity index (χ0) is 24.0. The van der Waals surface area contributed by atoms with Crippen LogP contribution in [0.4, 0.5) is 0 Å². The molecule has 2 N–H and O–H groups in total. The van der Waals surface area contributed by atoms with Gasteiger partial charge in [0.15, 0.2) is 12.4 Å². The van der Waals surface area contributed by atoms with Gasteiger partial charge in [0.2, 0.25) is 11.8 Å². The van der Waals surface area contributed by atoms with Crippen molar-refractivity contribution >= 4 is 40.3 Å². The van der Waals surface area contributed by atoms with Gasteiger partial charge in [-0.2, -0.15) is 0 Å². The minimum atomic E-state index is -1.37. The third kappa shape index (κ3) is 6.15. The number of nitrogens with one attached hydrogen (secondary N) is 1. The molecule has 0 bridgehead atoms. The smallest absolute Gasteiger partial charge is 0.310 e. The fourth-order valence-corrected chi connectivity index (χ4v) is 4.01.